The summed E-state index contributed by atoms with van der Waals surface area (Å²) in [6.07, 6.45) is -0.544. The van der Waals surface area contributed by atoms with Crippen LogP contribution in [0.4, 0.5) is 11.4 Å². The van der Waals surface area contributed by atoms with Crippen LogP contribution in [0.3, 0.4) is 0 Å². The minimum atomic E-state index is -1.03. The van der Waals surface area contributed by atoms with Gasteiger partial charge in [0.25, 0.3) is 5.91 Å². The maximum atomic E-state index is 12.3. The number of aldehydes is 1. The number of hydrogen-bond acceptors (Lipinski definition) is 6. The molecule has 0 aliphatic heterocycles. The Bertz CT molecular complexity index is 855. The summed E-state index contributed by atoms with van der Waals surface area (Å²) in [6.45, 7) is 1.44. The predicted octanol–water partition coefficient (Wildman–Crippen LogP) is 3.48. The van der Waals surface area contributed by atoms with Gasteiger partial charge in [-0.3, -0.25) is 19.7 Å². The van der Waals surface area contributed by atoms with Gasteiger partial charge in [0.15, 0.2) is 11.9 Å². The van der Waals surface area contributed by atoms with E-state index in [0.717, 1.165) is 6.07 Å². The van der Waals surface area contributed by atoms with E-state index in [9.17, 15) is 19.7 Å². The normalized spacial score (nSPS) is 11.3. The van der Waals surface area contributed by atoms with Crippen LogP contribution in [0.2, 0.25) is 5.02 Å². The molecule has 136 valence electrons. The van der Waals surface area contributed by atoms with E-state index in [-0.39, 0.29) is 11.3 Å². The fraction of sp³-hybridized carbons (Fsp3) is 0.176. The van der Waals surface area contributed by atoms with Crippen LogP contribution in [0.1, 0.15) is 17.3 Å². The average molecular weight is 379 g/mol. The second kappa shape index (κ2) is 8.30. The Hall–Kier alpha value is -3.13. The van der Waals surface area contributed by atoms with Crippen molar-refractivity contribution in [3.8, 4) is 11.5 Å². The van der Waals surface area contributed by atoms with Gasteiger partial charge in [0.05, 0.1) is 17.1 Å². The van der Waals surface area contributed by atoms with Gasteiger partial charge < -0.3 is 14.8 Å². The summed E-state index contributed by atoms with van der Waals surface area (Å²) in [5.41, 5.74) is 0.151. The highest BCUT2D eigenvalue weighted by atomic mass is 35.5. The van der Waals surface area contributed by atoms with Crippen molar-refractivity contribution in [1.82, 2.24) is 0 Å². The summed E-state index contributed by atoms with van der Waals surface area (Å²) in [5.74, 6) is -0.184. The van der Waals surface area contributed by atoms with Crippen LogP contribution in [-0.4, -0.2) is 30.3 Å². The fourth-order valence-electron chi connectivity index (χ4n) is 2.08. The number of amides is 1. The molecule has 2 rings (SSSR count). The van der Waals surface area contributed by atoms with E-state index >= 15 is 0 Å². The van der Waals surface area contributed by atoms with E-state index in [1.165, 1.54) is 32.2 Å². The highest BCUT2D eigenvalue weighted by Gasteiger charge is 2.22. The Balaban J connectivity index is 2.13. The van der Waals surface area contributed by atoms with Crippen LogP contribution in [-0.2, 0) is 4.79 Å². The molecule has 0 heterocycles. The Morgan fingerprint density at radius 1 is 1.27 bits per heavy atom. The number of carbonyl (C=O) groups excluding carboxylic acids is 2. The van der Waals surface area contributed by atoms with E-state index in [2.05, 4.69) is 5.32 Å². The Kier molecular flexibility index (Phi) is 6.13. The number of nitro groups is 1. The molecule has 0 fully saturated rings. The van der Waals surface area contributed by atoms with Crippen LogP contribution in [0.5, 0.6) is 11.5 Å². The van der Waals surface area contributed by atoms with Gasteiger partial charge in [-0.2, -0.15) is 0 Å². The zero-order valence-electron chi connectivity index (χ0n) is 13.9. The molecule has 9 heteroatoms. The van der Waals surface area contributed by atoms with Crippen LogP contribution in [0.25, 0.3) is 0 Å². The first-order valence-corrected chi connectivity index (χ1v) is 7.78. The maximum Gasteiger partial charge on any atom is 0.311 e. The Morgan fingerprint density at radius 3 is 2.54 bits per heavy atom. The van der Waals surface area contributed by atoms with Crippen molar-refractivity contribution in [2.45, 2.75) is 13.0 Å². The number of ether oxygens (including phenoxy) is 2. The van der Waals surface area contributed by atoms with Gasteiger partial charge in [-0.15, -0.1) is 0 Å². The van der Waals surface area contributed by atoms with Gasteiger partial charge in [0, 0.05) is 17.3 Å². The molecule has 0 aliphatic rings. The monoisotopic (exact) mass is 378 g/mol. The van der Waals surface area contributed by atoms with Crippen LogP contribution in [0.15, 0.2) is 36.4 Å². The molecule has 26 heavy (non-hydrogen) atoms. The molecule has 0 saturated heterocycles. The smallest absolute Gasteiger partial charge is 0.311 e. The highest BCUT2D eigenvalue weighted by Crippen LogP contribution is 2.29. The van der Waals surface area contributed by atoms with Crippen molar-refractivity contribution in [1.29, 1.82) is 0 Å². The van der Waals surface area contributed by atoms with E-state index in [1.807, 2.05) is 0 Å². The third-order valence-corrected chi connectivity index (χ3v) is 3.70. The molecule has 0 bridgehead atoms. The van der Waals surface area contributed by atoms with E-state index < -0.39 is 22.6 Å². The Labute approximate surface area is 153 Å². The lowest BCUT2D eigenvalue weighted by Crippen LogP contribution is -2.30. The third kappa shape index (κ3) is 4.48. The zero-order valence-corrected chi connectivity index (χ0v) is 14.6. The summed E-state index contributed by atoms with van der Waals surface area (Å²) in [4.78, 5) is 33.4. The largest absolute Gasteiger partial charge is 0.495 e. The molecule has 0 spiro atoms. The van der Waals surface area contributed by atoms with Gasteiger partial charge in [-0.05, 0) is 37.3 Å². The molecule has 0 unspecified atom stereocenters. The first-order chi connectivity index (χ1) is 12.3. The predicted molar refractivity (Wildman–Crippen MR) is 95.2 cm³/mol. The molecule has 1 amide bonds. The van der Waals surface area contributed by atoms with Crippen LogP contribution >= 0.6 is 11.6 Å². The number of nitro benzene ring substituents is 1. The number of carbonyl (C=O) groups is 2. The molecule has 0 saturated carbocycles. The molecular weight excluding hydrogens is 364 g/mol. The fourth-order valence-corrected chi connectivity index (χ4v) is 2.34. The molecule has 0 aliphatic carbocycles. The van der Waals surface area contributed by atoms with E-state index in [0.29, 0.717) is 22.7 Å². The second-order valence-electron chi connectivity index (χ2n) is 5.20. The lowest BCUT2D eigenvalue weighted by Gasteiger charge is -2.15. The molecule has 1 N–H and O–H groups in total. The lowest BCUT2D eigenvalue weighted by molar-refractivity contribution is -0.386. The van der Waals surface area contributed by atoms with Crippen LogP contribution < -0.4 is 14.8 Å². The molecule has 8 nitrogen and oxygen atoms in total. The maximum absolute atomic E-state index is 12.3. The number of hydrogen-bond donors (Lipinski definition) is 1. The number of benzene rings is 2. The first kappa shape index (κ1) is 19.2. The summed E-state index contributed by atoms with van der Waals surface area (Å²) < 4.78 is 10.4. The van der Waals surface area contributed by atoms with Crippen molar-refractivity contribution < 1.29 is 24.0 Å². The zero-order chi connectivity index (χ0) is 19.3. The number of anilines is 1. The van der Waals surface area contributed by atoms with Gasteiger partial charge in [0.1, 0.15) is 12.0 Å². The van der Waals surface area contributed by atoms with Crippen molar-refractivity contribution in [3.05, 3.63) is 57.1 Å². The average Bonchev–Trinajstić information content (AvgIpc) is 2.61. The standard InChI is InChI=1S/C17H15ClN2O6/c1-10(17(22)19-12-4-6-15(25-2)13(18)8-12)26-16-5-3-11(9-21)7-14(16)20(23)24/h3-10H,1-2H3,(H,19,22)/t10-/m0/s1. The van der Waals surface area contributed by atoms with E-state index in [4.69, 9.17) is 21.1 Å². The number of methoxy groups -OCH3 is 1. The summed E-state index contributed by atoms with van der Waals surface area (Å²) in [7, 11) is 1.47. The summed E-state index contributed by atoms with van der Waals surface area (Å²) in [5, 5.41) is 14.0. The molecule has 0 radical (unpaired) electrons. The topological polar surface area (TPSA) is 108 Å². The third-order valence-electron chi connectivity index (χ3n) is 3.41. The Morgan fingerprint density at radius 2 is 1.96 bits per heavy atom. The SMILES string of the molecule is COc1ccc(NC(=O)[C@H](C)Oc2ccc(C=O)cc2[N+](=O)[O-])cc1Cl. The minimum absolute atomic E-state index is 0.115. The molecular formula is C17H15ClN2O6. The van der Waals surface area contributed by atoms with Gasteiger partial charge in [-0.25, -0.2) is 0 Å². The van der Waals surface area contributed by atoms with Crippen molar-refractivity contribution in [2.24, 2.45) is 0 Å². The number of halogens is 1. The second-order valence-corrected chi connectivity index (χ2v) is 5.61. The summed E-state index contributed by atoms with van der Waals surface area (Å²) >= 11 is 6.00. The molecule has 2 aromatic rings. The number of rotatable bonds is 7. The van der Waals surface area contributed by atoms with Gasteiger partial charge in [0.2, 0.25) is 0 Å². The van der Waals surface area contributed by atoms with Crippen molar-refractivity contribution in [2.75, 3.05) is 12.4 Å². The number of nitrogens with zero attached hydrogens (tertiary/aromatic N) is 1. The highest BCUT2D eigenvalue weighted by molar-refractivity contribution is 6.32. The number of nitrogens with one attached hydrogen (secondary N) is 1. The quantitative estimate of drug-likeness (QED) is 0.449. The molecule has 1 atom stereocenters. The van der Waals surface area contributed by atoms with E-state index in [1.54, 1.807) is 12.1 Å². The lowest BCUT2D eigenvalue weighted by atomic mass is 10.2. The van der Waals surface area contributed by atoms with Crippen molar-refractivity contribution in [3.63, 3.8) is 0 Å². The van der Waals surface area contributed by atoms with Crippen molar-refractivity contribution >= 4 is 35.2 Å². The first-order valence-electron chi connectivity index (χ1n) is 7.40. The van der Waals surface area contributed by atoms with Gasteiger partial charge >= 0.3 is 5.69 Å². The molecule has 0 aromatic heterocycles. The summed E-state index contributed by atoms with van der Waals surface area (Å²) in [6, 6.07) is 8.41. The molecule has 2 aromatic carbocycles. The van der Waals surface area contributed by atoms with Crippen LogP contribution in [0, 0.1) is 10.1 Å². The van der Waals surface area contributed by atoms with Gasteiger partial charge in [-0.1, -0.05) is 11.6 Å². The minimum Gasteiger partial charge on any atom is -0.495 e.